The molecule has 24 heavy (non-hydrogen) atoms. The number of nitrogens with zero attached hydrogens (tertiary/aromatic N) is 1. The number of halogens is 1. The molecule has 0 bridgehead atoms. The molecule has 1 aromatic carbocycles. The largest absolute Gasteiger partial charge is 0.457 e. The van der Waals surface area contributed by atoms with Gasteiger partial charge in [0.2, 0.25) is 11.7 Å². The van der Waals surface area contributed by atoms with Crippen LogP contribution in [0, 0.1) is 0 Å². The van der Waals surface area contributed by atoms with Crippen LogP contribution in [0.5, 0.6) is 0 Å². The fourth-order valence-corrected chi connectivity index (χ4v) is 1.94. The maximum absolute atomic E-state index is 11.9. The minimum absolute atomic E-state index is 0.00177. The van der Waals surface area contributed by atoms with Crippen LogP contribution in [0.4, 0.5) is 5.69 Å². The molecule has 1 aromatic heterocycles. The van der Waals surface area contributed by atoms with Crippen LogP contribution >= 0.6 is 11.6 Å². The maximum atomic E-state index is 11.9. The van der Waals surface area contributed by atoms with Crippen molar-refractivity contribution in [3.63, 3.8) is 0 Å². The molecule has 0 radical (unpaired) electrons. The van der Waals surface area contributed by atoms with Gasteiger partial charge < -0.3 is 19.4 Å². The molecule has 1 N–H and O–H groups in total. The van der Waals surface area contributed by atoms with E-state index in [1.54, 1.807) is 24.3 Å². The van der Waals surface area contributed by atoms with Gasteiger partial charge in [-0.3, -0.25) is 9.59 Å². The van der Waals surface area contributed by atoms with Gasteiger partial charge in [-0.05, 0) is 24.3 Å². The van der Waals surface area contributed by atoms with Crippen LogP contribution in [-0.2, 0) is 14.3 Å². The predicted molar refractivity (Wildman–Crippen MR) is 86.7 cm³/mol. The van der Waals surface area contributed by atoms with Gasteiger partial charge in [-0.15, -0.1) is 0 Å². The Morgan fingerprint density at radius 3 is 2.62 bits per heavy atom. The molecule has 1 heterocycles. The number of para-hydroxylation sites is 1. The third kappa shape index (κ3) is 4.85. The fraction of sp³-hybridized carbons (Fsp3) is 0.188. The quantitative estimate of drug-likeness (QED) is 0.807. The van der Waals surface area contributed by atoms with Crippen molar-refractivity contribution in [3.8, 4) is 0 Å². The molecular formula is C16H15ClN2O5. The molecule has 0 unspecified atom stereocenters. The van der Waals surface area contributed by atoms with Crippen molar-refractivity contribution in [2.45, 2.75) is 0 Å². The minimum atomic E-state index is -0.748. The number of furan rings is 1. The topological polar surface area (TPSA) is 88.9 Å². The second kappa shape index (κ2) is 8.16. The average Bonchev–Trinajstić information content (AvgIpc) is 3.09. The molecule has 0 aliphatic heterocycles. The first kappa shape index (κ1) is 17.6. The Balaban J connectivity index is 1.79. The minimum Gasteiger partial charge on any atom is -0.457 e. The lowest BCUT2D eigenvalue weighted by Crippen LogP contribution is -2.37. The number of amides is 2. The van der Waals surface area contributed by atoms with Crippen LogP contribution in [0.15, 0.2) is 47.1 Å². The molecular weight excluding hydrogens is 336 g/mol. The molecule has 0 aliphatic rings. The Hall–Kier alpha value is -2.80. The number of likely N-dealkylation sites (N-methyl/N-ethyl adjacent to an activating group) is 1. The molecule has 0 saturated heterocycles. The number of nitrogens with one attached hydrogen (secondary N) is 1. The van der Waals surface area contributed by atoms with E-state index in [0.717, 1.165) is 4.90 Å². The van der Waals surface area contributed by atoms with Gasteiger partial charge in [-0.2, -0.15) is 0 Å². The lowest BCUT2D eigenvalue weighted by molar-refractivity contribution is -0.136. The summed E-state index contributed by atoms with van der Waals surface area (Å²) in [5, 5.41) is 2.99. The number of rotatable bonds is 6. The van der Waals surface area contributed by atoms with Gasteiger partial charge in [-0.25, -0.2) is 4.79 Å². The number of anilines is 1. The Morgan fingerprint density at radius 1 is 1.21 bits per heavy atom. The second-order valence-corrected chi connectivity index (χ2v) is 5.24. The zero-order valence-electron chi connectivity index (χ0n) is 12.8. The van der Waals surface area contributed by atoms with Gasteiger partial charge in [0.15, 0.2) is 6.61 Å². The van der Waals surface area contributed by atoms with Crippen molar-refractivity contribution in [3.05, 3.63) is 53.4 Å². The summed E-state index contributed by atoms with van der Waals surface area (Å²) in [6, 6.07) is 9.70. The smallest absolute Gasteiger partial charge is 0.374 e. The highest BCUT2D eigenvalue weighted by molar-refractivity contribution is 6.33. The van der Waals surface area contributed by atoms with E-state index >= 15 is 0 Å². The molecule has 2 aromatic rings. The van der Waals surface area contributed by atoms with Gasteiger partial charge in [0.05, 0.1) is 23.5 Å². The average molecular weight is 351 g/mol. The van der Waals surface area contributed by atoms with Crippen LogP contribution in [0.2, 0.25) is 5.02 Å². The van der Waals surface area contributed by atoms with Crippen molar-refractivity contribution in [2.24, 2.45) is 0 Å². The van der Waals surface area contributed by atoms with Crippen molar-refractivity contribution in [1.29, 1.82) is 0 Å². The Labute approximate surface area is 143 Å². The van der Waals surface area contributed by atoms with E-state index in [-0.39, 0.29) is 12.3 Å². The van der Waals surface area contributed by atoms with E-state index in [1.165, 1.54) is 25.4 Å². The third-order valence-corrected chi connectivity index (χ3v) is 3.33. The Kier molecular flexibility index (Phi) is 5.97. The summed E-state index contributed by atoms with van der Waals surface area (Å²) in [7, 11) is 1.43. The van der Waals surface area contributed by atoms with Crippen molar-refractivity contribution >= 4 is 35.1 Å². The van der Waals surface area contributed by atoms with E-state index in [0.29, 0.717) is 10.7 Å². The SMILES string of the molecule is CN(CC(=O)Nc1ccccc1Cl)C(=O)COC(=O)c1ccco1. The van der Waals surface area contributed by atoms with Gasteiger partial charge in [-0.1, -0.05) is 23.7 Å². The predicted octanol–water partition coefficient (Wildman–Crippen LogP) is 2.19. The van der Waals surface area contributed by atoms with E-state index in [9.17, 15) is 14.4 Å². The monoisotopic (exact) mass is 350 g/mol. The Morgan fingerprint density at radius 2 is 1.96 bits per heavy atom. The second-order valence-electron chi connectivity index (χ2n) is 4.83. The zero-order valence-corrected chi connectivity index (χ0v) is 13.6. The summed E-state index contributed by atoms with van der Waals surface area (Å²) in [5.41, 5.74) is 0.453. The first-order valence-electron chi connectivity index (χ1n) is 6.96. The molecule has 7 nitrogen and oxygen atoms in total. The van der Waals surface area contributed by atoms with Crippen LogP contribution in [0.3, 0.4) is 0 Å². The highest BCUT2D eigenvalue weighted by Gasteiger charge is 2.17. The molecule has 0 saturated carbocycles. The number of carbonyl (C=O) groups excluding carboxylic acids is 3. The van der Waals surface area contributed by atoms with Gasteiger partial charge in [0, 0.05) is 7.05 Å². The standard InChI is InChI=1S/C16H15ClN2O5/c1-19(9-14(20)18-12-6-3-2-5-11(12)17)15(21)10-24-16(22)13-7-4-8-23-13/h2-8H,9-10H2,1H3,(H,18,20). The highest BCUT2D eigenvalue weighted by Crippen LogP contribution is 2.20. The molecule has 0 spiro atoms. The van der Waals surface area contributed by atoms with Crippen molar-refractivity contribution in [2.75, 3.05) is 25.5 Å². The van der Waals surface area contributed by atoms with E-state index in [1.807, 2.05) is 0 Å². The van der Waals surface area contributed by atoms with Crippen LogP contribution < -0.4 is 5.32 Å². The van der Waals surface area contributed by atoms with Crippen LogP contribution in [0.1, 0.15) is 10.6 Å². The number of ether oxygens (including phenoxy) is 1. The summed E-state index contributed by atoms with van der Waals surface area (Å²) in [6.07, 6.45) is 1.32. The number of benzene rings is 1. The van der Waals surface area contributed by atoms with Gasteiger partial charge in [0.25, 0.3) is 5.91 Å². The maximum Gasteiger partial charge on any atom is 0.374 e. The number of esters is 1. The van der Waals surface area contributed by atoms with Crippen LogP contribution in [-0.4, -0.2) is 42.9 Å². The van der Waals surface area contributed by atoms with Gasteiger partial charge in [0.1, 0.15) is 0 Å². The number of hydrogen-bond donors (Lipinski definition) is 1. The van der Waals surface area contributed by atoms with Crippen molar-refractivity contribution in [1.82, 2.24) is 4.90 Å². The fourth-order valence-electron chi connectivity index (χ4n) is 1.76. The molecule has 2 amide bonds. The first-order valence-corrected chi connectivity index (χ1v) is 7.34. The summed E-state index contributed by atoms with van der Waals surface area (Å²) < 4.78 is 9.67. The normalized spacial score (nSPS) is 10.1. The first-order chi connectivity index (χ1) is 11.5. The van der Waals surface area contributed by atoms with E-state index < -0.39 is 24.4 Å². The summed E-state index contributed by atoms with van der Waals surface area (Å²) in [4.78, 5) is 36.5. The van der Waals surface area contributed by atoms with Gasteiger partial charge >= 0.3 is 5.97 Å². The molecule has 2 rings (SSSR count). The molecule has 126 valence electrons. The van der Waals surface area contributed by atoms with Crippen molar-refractivity contribution < 1.29 is 23.5 Å². The zero-order chi connectivity index (χ0) is 17.5. The molecule has 0 atom stereocenters. The van der Waals surface area contributed by atoms with E-state index in [2.05, 4.69) is 5.32 Å². The molecule has 0 aliphatic carbocycles. The highest BCUT2D eigenvalue weighted by atomic mass is 35.5. The number of carbonyl (C=O) groups is 3. The molecule has 0 fully saturated rings. The molecule has 8 heteroatoms. The Bertz CT molecular complexity index is 730. The summed E-state index contributed by atoms with van der Waals surface area (Å²) >= 11 is 5.94. The van der Waals surface area contributed by atoms with E-state index in [4.69, 9.17) is 20.8 Å². The van der Waals surface area contributed by atoms with Crippen LogP contribution in [0.25, 0.3) is 0 Å². The summed E-state index contributed by atoms with van der Waals surface area (Å²) in [5.74, 6) is -1.69. The lowest BCUT2D eigenvalue weighted by Gasteiger charge is -2.16. The third-order valence-electron chi connectivity index (χ3n) is 3.00. The lowest BCUT2D eigenvalue weighted by atomic mass is 10.3. The number of hydrogen-bond acceptors (Lipinski definition) is 5. The summed E-state index contributed by atoms with van der Waals surface area (Å²) in [6.45, 7) is -0.697.